The molecule has 0 aliphatic rings. The van der Waals surface area contributed by atoms with Crippen molar-refractivity contribution in [3.63, 3.8) is 0 Å². The van der Waals surface area contributed by atoms with E-state index in [9.17, 15) is 9.18 Å². The fourth-order valence-electron chi connectivity index (χ4n) is 1.71. The fourth-order valence-corrected chi connectivity index (χ4v) is 1.71. The number of hydrogen-bond donors (Lipinski definition) is 2. The molecule has 0 radical (unpaired) electrons. The third-order valence-corrected chi connectivity index (χ3v) is 2.95. The van der Waals surface area contributed by atoms with Gasteiger partial charge in [-0.2, -0.15) is 0 Å². The third kappa shape index (κ3) is 3.06. The van der Waals surface area contributed by atoms with E-state index in [1.807, 2.05) is 0 Å². The number of nitrogen functional groups attached to an aromatic ring is 1. The van der Waals surface area contributed by atoms with E-state index in [-0.39, 0.29) is 12.4 Å². The summed E-state index contributed by atoms with van der Waals surface area (Å²) < 4.78 is 19.0. The Balaban J connectivity index is 2.09. The number of rotatable bonds is 4. The quantitative estimate of drug-likeness (QED) is 0.840. The van der Waals surface area contributed by atoms with Crippen LogP contribution in [0.15, 0.2) is 36.4 Å². The number of carbonyl (C=O) groups is 1. The summed E-state index contributed by atoms with van der Waals surface area (Å²) in [4.78, 5) is 10.9. The lowest BCUT2D eigenvalue weighted by molar-refractivity contribution is 0.1000. The van der Waals surface area contributed by atoms with Gasteiger partial charge in [-0.3, -0.25) is 4.79 Å². The summed E-state index contributed by atoms with van der Waals surface area (Å²) in [6, 6.07) is 9.42. The Morgan fingerprint density at radius 1 is 1.25 bits per heavy atom. The van der Waals surface area contributed by atoms with Crippen LogP contribution in [0.25, 0.3) is 0 Å². The van der Waals surface area contributed by atoms with Crippen LogP contribution in [0.1, 0.15) is 21.5 Å². The normalized spacial score (nSPS) is 10.3. The molecule has 5 heteroatoms. The molecule has 0 aromatic heterocycles. The summed E-state index contributed by atoms with van der Waals surface area (Å²) >= 11 is 0. The van der Waals surface area contributed by atoms with Crippen LogP contribution in [0.5, 0.6) is 5.75 Å². The van der Waals surface area contributed by atoms with E-state index >= 15 is 0 Å². The maximum absolute atomic E-state index is 13.6. The predicted octanol–water partition coefficient (Wildman–Crippen LogP) is 2.39. The topological polar surface area (TPSA) is 78.3 Å². The molecule has 0 saturated carbocycles. The molecule has 0 heterocycles. The first-order valence-electron chi connectivity index (χ1n) is 6.04. The number of ether oxygens (including phenoxy) is 1. The van der Waals surface area contributed by atoms with Crippen molar-refractivity contribution >= 4 is 11.6 Å². The highest BCUT2D eigenvalue weighted by atomic mass is 19.1. The molecule has 0 fully saturated rings. The van der Waals surface area contributed by atoms with Crippen LogP contribution in [0.4, 0.5) is 10.1 Å². The number of anilines is 1. The first-order valence-corrected chi connectivity index (χ1v) is 6.04. The van der Waals surface area contributed by atoms with E-state index in [4.69, 9.17) is 16.2 Å². The van der Waals surface area contributed by atoms with Crippen LogP contribution >= 0.6 is 0 Å². The highest BCUT2D eigenvalue weighted by molar-refractivity contribution is 5.92. The Morgan fingerprint density at radius 3 is 2.50 bits per heavy atom. The highest BCUT2D eigenvalue weighted by Crippen LogP contribution is 2.24. The first kappa shape index (κ1) is 13.9. The Morgan fingerprint density at radius 2 is 1.90 bits per heavy atom. The maximum Gasteiger partial charge on any atom is 0.248 e. The zero-order chi connectivity index (χ0) is 14.7. The molecule has 0 aliphatic carbocycles. The zero-order valence-corrected chi connectivity index (χ0v) is 11.0. The lowest BCUT2D eigenvalue weighted by Crippen LogP contribution is -2.10. The molecule has 0 spiro atoms. The number of aryl methyl sites for hydroxylation is 1. The summed E-state index contributed by atoms with van der Waals surface area (Å²) in [5, 5.41) is 0. The summed E-state index contributed by atoms with van der Waals surface area (Å²) in [5.74, 6) is -0.838. The Bertz CT molecular complexity index is 639. The van der Waals surface area contributed by atoms with Crippen molar-refractivity contribution in [2.24, 2.45) is 5.73 Å². The van der Waals surface area contributed by atoms with Crippen molar-refractivity contribution in [3.05, 3.63) is 58.9 Å². The average molecular weight is 274 g/mol. The summed E-state index contributed by atoms with van der Waals surface area (Å²) in [6.07, 6.45) is 0. The number of amides is 1. The van der Waals surface area contributed by atoms with Crippen LogP contribution in [0, 0.1) is 12.7 Å². The first-order chi connectivity index (χ1) is 9.47. The smallest absolute Gasteiger partial charge is 0.248 e. The van der Waals surface area contributed by atoms with Crippen molar-refractivity contribution < 1.29 is 13.9 Å². The molecule has 0 unspecified atom stereocenters. The fraction of sp³-hybridized carbons (Fsp3) is 0.133. The van der Waals surface area contributed by atoms with Gasteiger partial charge in [0.1, 0.15) is 6.61 Å². The number of benzene rings is 2. The Kier molecular flexibility index (Phi) is 3.89. The summed E-state index contributed by atoms with van der Waals surface area (Å²) in [5.41, 5.74) is 13.1. The van der Waals surface area contributed by atoms with Gasteiger partial charge < -0.3 is 16.2 Å². The molecule has 4 nitrogen and oxygen atoms in total. The minimum Gasteiger partial charge on any atom is -0.486 e. The molecule has 20 heavy (non-hydrogen) atoms. The zero-order valence-electron chi connectivity index (χ0n) is 11.0. The molecular formula is C15H15FN2O2. The second-order valence-corrected chi connectivity index (χ2v) is 4.49. The van der Waals surface area contributed by atoms with E-state index in [1.165, 1.54) is 6.07 Å². The van der Waals surface area contributed by atoms with E-state index < -0.39 is 11.7 Å². The minimum atomic E-state index is -0.498. The molecule has 2 rings (SSSR count). The highest BCUT2D eigenvalue weighted by Gasteiger charge is 2.07. The number of primary amides is 1. The molecule has 0 saturated heterocycles. The molecular weight excluding hydrogens is 259 g/mol. The monoisotopic (exact) mass is 274 g/mol. The lowest BCUT2D eigenvalue weighted by Gasteiger charge is -2.10. The average Bonchev–Trinajstić information content (AvgIpc) is 2.42. The molecule has 1 amide bonds. The molecule has 104 valence electrons. The largest absolute Gasteiger partial charge is 0.486 e. The van der Waals surface area contributed by atoms with Crippen LogP contribution < -0.4 is 16.2 Å². The van der Waals surface area contributed by atoms with E-state index in [1.54, 1.807) is 37.3 Å². The molecule has 2 aromatic carbocycles. The van der Waals surface area contributed by atoms with Crippen molar-refractivity contribution in [3.8, 4) is 5.75 Å². The van der Waals surface area contributed by atoms with Crippen molar-refractivity contribution in [1.29, 1.82) is 0 Å². The van der Waals surface area contributed by atoms with Gasteiger partial charge in [-0.25, -0.2) is 4.39 Å². The number of hydrogen-bond acceptors (Lipinski definition) is 3. The van der Waals surface area contributed by atoms with Gasteiger partial charge in [0.05, 0.1) is 0 Å². The van der Waals surface area contributed by atoms with Gasteiger partial charge in [-0.15, -0.1) is 0 Å². The van der Waals surface area contributed by atoms with Gasteiger partial charge >= 0.3 is 0 Å². The molecule has 2 aromatic rings. The minimum absolute atomic E-state index is 0.149. The van der Waals surface area contributed by atoms with Crippen LogP contribution in [0.3, 0.4) is 0 Å². The summed E-state index contributed by atoms with van der Waals surface area (Å²) in [7, 11) is 0. The number of nitrogens with two attached hydrogens (primary N) is 2. The molecule has 0 atom stereocenters. The summed E-state index contributed by atoms with van der Waals surface area (Å²) in [6.45, 7) is 1.97. The lowest BCUT2D eigenvalue weighted by atomic mass is 10.1. The number of halogens is 1. The predicted molar refractivity (Wildman–Crippen MR) is 74.8 cm³/mol. The third-order valence-electron chi connectivity index (χ3n) is 2.95. The Labute approximate surface area is 116 Å². The van der Waals surface area contributed by atoms with Gasteiger partial charge in [-0.05, 0) is 36.2 Å². The van der Waals surface area contributed by atoms with Gasteiger partial charge in [0.2, 0.25) is 5.91 Å². The second kappa shape index (κ2) is 5.61. The van der Waals surface area contributed by atoms with Crippen molar-refractivity contribution in [1.82, 2.24) is 0 Å². The second-order valence-electron chi connectivity index (χ2n) is 4.49. The van der Waals surface area contributed by atoms with Gasteiger partial charge in [0.15, 0.2) is 11.6 Å². The van der Waals surface area contributed by atoms with Crippen LogP contribution in [-0.4, -0.2) is 5.91 Å². The SMILES string of the molecule is Cc1cc(OCc2ccc(C(N)=O)cc2)c(F)cc1N. The van der Waals surface area contributed by atoms with Crippen LogP contribution in [0.2, 0.25) is 0 Å². The van der Waals surface area contributed by atoms with Gasteiger partial charge in [0.25, 0.3) is 0 Å². The van der Waals surface area contributed by atoms with E-state index in [0.29, 0.717) is 11.3 Å². The molecule has 0 bridgehead atoms. The maximum atomic E-state index is 13.6. The Hall–Kier alpha value is -2.56. The van der Waals surface area contributed by atoms with Crippen molar-refractivity contribution in [2.45, 2.75) is 13.5 Å². The van der Waals surface area contributed by atoms with Crippen molar-refractivity contribution in [2.75, 3.05) is 5.73 Å². The van der Waals surface area contributed by atoms with Gasteiger partial charge in [-0.1, -0.05) is 12.1 Å². The number of carbonyl (C=O) groups excluding carboxylic acids is 1. The van der Waals surface area contributed by atoms with Gasteiger partial charge in [0, 0.05) is 17.3 Å². The van der Waals surface area contributed by atoms with E-state index in [0.717, 1.165) is 11.1 Å². The standard InChI is InChI=1S/C15H15FN2O2/c1-9-6-14(12(16)7-13(9)17)20-8-10-2-4-11(5-3-10)15(18)19/h2-7H,8,17H2,1H3,(H2,18,19). The van der Waals surface area contributed by atoms with Crippen LogP contribution in [-0.2, 0) is 6.61 Å². The molecule has 4 N–H and O–H groups in total. The molecule has 0 aliphatic heterocycles. The van der Waals surface area contributed by atoms with E-state index in [2.05, 4.69) is 0 Å².